The highest BCUT2D eigenvalue weighted by molar-refractivity contribution is 5.27. The zero-order valence-electron chi connectivity index (χ0n) is 7.89. The fourth-order valence-corrected chi connectivity index (χ4v) is 0.710. The van der Waals surface area contributed by atoms with Gasteiger partial charge in [-0.15, -0.1) is 0 Å². The molecule has 0 saturated heterocycles. The topological polar surface area (TPSA) is 9.23 Å². The van der Waals surface area contributed by atoms with Gasteiger partial charge in [-0.05, 0) is 17.6 Å². The first-order valence-corrected chi connectivity index (χ1v) is 3.95. The Morgan fingerprint density at radius 3 is 2.23 bits per heavy atom. The molecule has 0 heterocycles. The minimum Gasteiger partial charge on any atom is -0.435 e. The Morgan fingerprint density at radius 2 is 1.92 bits per heavy atom. The van der Waals surface area contributed by atoms with E-state index >= 15 is 0 Å². The van der Waals surface area contributed by atoms with Gasteiger partial charge in [0.2, 0.25) is 0 Å². The van der Waals surface area contributed by atoms with E-state index < -0.39 is 6.61 Å². The Kier molecular flexibility index (Phi) is 5.04. The van der Waals surface area contributed by atoms with E-state index in [1.165, 1.54) is 12.2 Å². The fourth-order valence-electron chi connectivity index (χ4n) is 0.710. The second kappa shape index (κ2) is 5.51. The van der Waals surface area contributed by atoms with E-state index in [1.54, 1.807) is 0 Å². The highest BCUT2D eigenvalue weighted by atomic mass is 19.3. The second-order valence-corrected chi connectivity index (χ2v) is 2.83. The molecule has 0 aromatic heterocycles. The Morgan fingerprint density at radius 1 is 1.38 bits per heavy atom. The highest BCUT2D eigenvalue weighted by Crippen LogP contribution is 2.20. The summed E-state index contributed by atoms with van der Waals surface area (Å²) < 4.78 is 28.1. The number of halogens is 2. The predicted molar refractivity (Wildman–Crippen MR) is 49.3 cm³/mol. The quantitative estimate of drug-likeness (QED) is 0.474. The minimum atomic E-state index is -2.82. The lowest BCUT2D eigenvalue weighted by molar-refractivity contribution is -0.0939. The van der Waals surface area contributed by atoms with Gasteiger partial charge in [0.1, 0.15) is 5.76 Å². The molecule has 0 aliphatic heterocycles. The maximum Gasteiger partial charge on any atom is 0.387 e. The van der Waals surface area contributed by atoms with Crippen molar-refractivity contribution in [2.24, 2.45) is 5.92 Å². The van der Waals surface area contributed by atoms with Crippen LogP contribution in [0.1, 0.15) is 13.8 Å². The maximum atomic E-state index is 11.9. The molecule has 3 heteroatoms. The van der Waals surface area contributed by atoms with E-state index in [0.717, 1.165) is 0 Å². The molecule has 0 radical (unpaired) electrons. The van der Waals surface area contributed by atoms with E-state index in [0.29, 0.717) is 5.57 Å². The van der Waals surface area contributed by atoms with Crippen LogP contribution in [0, 0.1) is 5.92 Å². The number of hydrogen-bond acceptors (Lipinski definition) is 1. The van der Waals surface area contributed by atoms with Gasteiger partial charge in [0.05, 0.1) is 0 Å². The number of hydrogen-bond donors (Lipinski definition) is 0. The molecule has 0 aromatic carbocycles. The van der Waals surface area contributed by atoms with Crippen molar-refractivity contribution in [2.45, 2.75) is 20.5 Å². The first kappa shape index (κ1) is 11.9. The molecule has 0 atom stereocenters. The van der Waals surface area contributed by atoms with Crippen LogP contribution in [0.15, 0.2) is 36.6 Å². The predicted octanol–water partition coefficient (Wildman–Crippen LogP) is 3.51. The van der Waals surface area contributed by atoms with Crippen LogP contribution in [0.25, 0.3) is 0 Å². The Balaban J connectivity index is 4.52. The van der Waals surface area contributed by atoms with Crippen LogP contribution in [0.3, 0.4) is 0 Å². The van der Waals surface area contributed by atoms with Crippen molar-refractivity contribution in [3.8, 4) is 0 Å². The Labute approximate surface area is 77.4 Å². The zero-order chi connectivity index (χ0) is 10.4. The van der Waals surface area contributed by atoms with Gasteiger partial charge < -0.3 is 4.74 Å². The molecule has 0 rings (SSSR count). The summed E-state index contributed by atoms with van der Waals surface area (Å²) in [4.78, 5) is 0. The van der Waals surface area contributed by atoms with Crippen LogP contribution < -0.4 is 0 Å². The Bertz CT molecular complexity index is 217. The fraction of sp³-hybridized carbons (Fsp3) is 0.400. The van der Waals surface area contributed by atoms with Crippen LogP contribution in [0.5, 0.6) is 0 Å². The summed E-state index contributed by atoms with van der Waals surface area (Å²) in [7, 11) is 0. The van der Waals surface area contributed by atoms with Crippen molar-refractivity contribution in [3.63, 3.8) is 0 Å². The standard InChI is InChI=1S/C10H14F2O/c1-5-6-9(13-10(11)12)8(4)7(2)3/h5-7,10H,1,4H2,2-3H3/b9-6+. The summed E-state index contributed by atoms with van der Waals surface area (Å²) in [6, 6.07) is 0. The molecule has 13 heavy (non-hydrogen) atoms. The Hall–Kier alpha value is -1.12. The van der Waals surface area contributed by atoms with Crippen molar-refractivity contribution in [2.75, 3.05) is 0 Å². The number of alkyl halides is 2. The first-order chi connectivity index (χ1) is 5.99. The summed E-state index contributed by atoms with van der Waals surface area (Å²) in [6.45, 7) is 7.95. The smallest absolute Gasteiger partial charge is 0.387 e. The monoisotopic (exact) mass is 188 g/mol. The zero-order valence-corrected chi connectivity index (χ0v) is 7.89. The maximum absolute atomic E-state index is 11.9. The average Bonchev–Trinajstić information content (AvgIpc) is 2.01. The van der Waals surface area contributed by atoms with Crippen molar-refractivity contribution in [1.82, 2.24) is 0 Å². The molecule has 0 unspecified atom stereocenters. The molecule has 0 aliphatic carbocycles. The van der Waals surface area contributed by atoms with E-state index in [1.807, 2.05) is 13.8 Å². The van der Waals surface area contributed by atoms with Gasteiger partial charge in [0.25, 0.3) is 0 Å². The van der Waals surface area contributed by atoms with Crippen LogP contribution in [0.4, 0.5) is 8.78 Å². The van der Waals surface area contributed by atoms with Crippen molar-refractivity contribution in [1.29, 1.82) is 0 Å². The third-order valence-electron chi connectivity index (χ3n) is 1.50. The van der Waals surface area contributed by atoms with Crippen molar-refractivity contribution < 1.29 is 13.5 Å². The highest BCUT2D eigenvalue weighted by Gasteiger charge is 2.12. The average molecular weight is 188 g/mol. The van der Waals surface area contributed by atoms with E-state index in [2.05, 4.69) is 17.9 Å². The summed E-state index contributed by atoms with van der Waals surface area (Å²) in [6.07, 6.45) is 2.78. The molecule has 0 N–H and O–H groups in total. The number of ether oxygens (including phenoxy) is 1. The van der Waals surface area contributed by atoms with Gasteiger partial charge in [0.15, 0.2) is 0 Å². The lowest BCUT2D eigenvalue weighted by Gasteiger charge is -2.14. The van der Waals surface area contributed by atoms with Crippen LogP contribution in [0.2, 0.25) is 0 Å². The molecular formula is C10H14F2O. The molecule has 0 saturated carbocycles. The van der Waals surface area contributed by atoms with Gasteiger partial charge >= 0.3 is 6.61 Å². The third-order valence-corrected chi connectivity index (χ3v) is 1.50. The van der Waals surface area contributed by atoms with Crippen LogP contribution in [-0.4, -0.2) is 6.61 Å². The summed E-state index contributed by atoms with van der Waals surface area (Å²) in [5.74, 6) is 0.171. The normalized spacial score (nSPS) is 12.0. The molecule has 0 spiro atoms. The van der Waals surface area contributed by atoms with Gasteiger partial charge in [-0.2, -0.15) is 8.78 Å². The summed E-state index contributed by atoms with van der Waals surface area (Å²) in [5, 5.41) is 0. The second-order valence-electron chi connectivity index (χ2n) is 2.83. The SMILES string of the molecule is C=C/C=C(/OC(F)F)C(=C)C(C)C. The largest absolute Gasteiger partial charge is 0.435 e. The molecule has 0 amide bonds. The molecule has 74 valence electrons. The molecule has 1 nitrogen and oxygen atoms in total. The van der Waals surface area contributed by atoms with E-state index in [9.17, 15) is 8.78 Å². The molecule has 0 aromatic rings. The van der Waals surface area contributed by atoms with Gasteiger partial charge in [-0.1, -0.05) is 33.1 Å². The third kappa shape index (κ3) is 4.45. The van der Waals surface area contributed by atoms with Crippen molar-refractivity contribution >= 4 is 0 Å². The van der Waals surface area contributed by atoms with Crippen LogP contribution >= 0.6 is 0 Å². The first-order valence-electron chi connectivity index (χ1n) is 3.95. The lowest BCUT2D eigenvalue weighted by Crippen LogP contribution is -2.05. The van der Waals surface area contributed by atoms with Crippen molar-refractivity contribution in [3.05, 3.63) is 36.6 Å². The summed E-state index contributed by atoms with van der Waals surface area (Å²) >= 11 is 0. The van der Waals surface area contributed by atoms with Gasteiger partial charge in [-0.25, -0.2) is 0 Å². The van der Waals surface area contributed by atoms with Crippen LogP contribution in [-0.2, 0) is 4.74 Å². The summed E-state index contributed by atoms with van der Waals surface area (Å²) in [5.41, 5.74) is 0.542. The minimum absolute atomic E-state index is 0.0740. The van der Waals surface area contributed by atoms with E-state index in [4.69, 9.17) is 0 Å². The lowest BCUT2D eigenvalue weighted by atomic mass is 10.0. The van der Waals surface area contributed by atoms with Gasteiger partial charge in [-0.3, -0.25) is 0 Å². The van der Waals surface area contributed by atoms with E-state index in [-0.39, 0.29) is 11.7 Å². The number of allylic oxidation sites excluding steroid dienone is 3. The van der Waals surface area contributed by atoms with Gasteiger partial charge in [0, 0.05) is 0 Å². The molecular weight excluding hydrogens is 174 g/mol. The molecule has 0 fully saturated rings. The molecule has 0 bridgehead atoms. The number of rotatable bonds is 5. The molecule has 0 aliphatic rings.